The quantitative estimate of drug-likeness (QED) is 0.808. The van der Waals surface area contributed by atoms with Gasteiger partial charge in [0.2, 0.25) is 0 Å². The number of nitriles is 1. The molecule has 2 aromatic rings. The molecule has 6 heteroatoms. The minimum absolute atomic E-state index is 0.353. The third-order valence-corrected chi connectivity index (χ3v) is 3.44. The SMILES string of the molecule is CSc1nc(N(C)c2cc(F)cc(F)c2)ccc1C#N. The van der Waals surface area contributed by atoms with Gasteiger partial charge in [0.1, 0.15) is 28.5 Å². The Morgan fingerprint density at radius 1 is 1.20 bits per heavy atom. The molecule has 0 saturated heterocycles. The van der Waals surface area contributed by atoms with Crippen LogP contribution in [0.25, 0.3) is 0 Å². The molecule has 0 aliphatic carbocycles. The zero-order valence-corrected chi connectivity index (χ0v) is 11.7. The molecule has 1 aromatic heterocycles. The lowest BCUT2D eigenvalue weighted by Gasteiger charge is -2.19. The molecule has 0 spiro atoms. The molecule has 102 valence electrons. The average Bonchev–Trinajstić information content (AvgIpc) is 2.44. The lowest BCUT2D eigenvalue weighted by Crippen LogP contribution is -2.12. The van der Waals surface area contributed by atoms with Crippen molar-refractivity contribution in [1.82, 2.24) is 4.98 Å². The summed E-state index contributed by atoms with van der Waals surface area (Å²) in [5.41, 5.74) is 0.826. The van der Waals surface area contributed by atoms with Crippen LogP contribution in [0.5, 0.6) is 0 Å². The summed E-state index contributed by atoms with van der Waals surface area (Å²) in [7, 11) is 1.66. The first-order valence-corrected chi connectivity index (χ1v) is 6.92. The Balaban J connectivity index is 2.43. The molecule has 0 saturated carbocycles. The Kier molecular flexibility index (Phi) is 4.20. The van der Waals surface area contributed by atoms with Crippen molar-refractivity contribution in [1.29, 1.82) is 5.26 Å². The number of hydrogen-bond acceptors (Lipinski definition) is 4. The van der Waals surface area contributed by atoms with E-state index in [9.17, 15) is 8.78 Å². The topological polar surface area (TPSA) is 39.9 Å². The molecule has 2 rings (SSSR count). The predicted octanol–water partition coefficient (Wildman–Crippen LogP) is 3.72. The minimum atomic E-state index is -0.648. The Labute approximate surface area is 119 Å². The maximum atomic E-state index is 13.2. The van der Waals surface area contributed by atoms with Crippen molar-refractivity contribution < 1.29 is 8.78 Å². The Bertz CT molecular complexity index is 662. The molecule has 0 aliphatic rings. The Hall–Kier alpha value is -2.13. The number of pyridine rings is 1. The van der Waals surface area contributed by atoms with Crippen LogP contribution in [0.3, 0.4) is 0 Å². The third kappa shape index (κ3) is 2.89. The van der Waals surface area contributed by atoms with Crippen LogP contribution in [0.2, 0.25) is 0 Å². The smallest absolute Gasteiger partial charge is 0.134 e. The molecule has 0 bridgehead atoms. The Morgan fingerprint density at radius 2 is 1.85 bits per heavy atom. The molecule has 0 N–H and O–H groups in total. The zero-order valence-electron chi connectivity index (χ0n) is 10.9. The van der Waals surface area contributed by atoms with E-state index in [0.29, 0.717) is 22.1 Å². The van der Waals surface area contributed by atoms with Crippen molar-refractivity contribution >= 4 is 23.3 Å². The number of rotatable bonds is 3. The van der Waals surface area contributed by atoms with E-state index < -0.39 is 11.6 Å². The van der Waals surface area contributed by atoms with Gasteiger partial charge in [0.25, 0.3) is 0 Å². The molecular weight excluding hydrogens is 280 g/mol. The summed E-state index contributed by atoms with van der Waals surface area (Å²) in [4.78, 5) is 5.88. The van der Waals surface area contributed by atoms with Crippen LogP contribution >= 0.6 is 11.8 Å². The lowest BCUT2D eigenvalue weighted by atomic mass is 10.2. The molecule has 1 aromatic carbocycles. The van der Waals surface area contributed by atoms with E-state index in [-0.39, 0.29) is 0 Å². The molecule has 0 amide bonds. The molecule has 3 nitrogen and oxygen atoms in total. The number of hydrogen-bond donors (Lipinski definition) is 0. The van der Waals surface area contributed by atoms with Gasteiger partial charge in [0.15, 0.2) is 0 Å². The monoisotopic (exact) mass is 291 g/mol. The van der Waals surface area contributed by atoms with E-state index >= 15 is 0 Å². The largest absolute Gasteiger partial charge is 0.329 e. The third-order valence-electron chi connectivity index (χ3n) is 2.74. The molecule has 1 heterocycles. The summed E-state index contributed by atoms with van der Waals surface area (Å²) < 4.78 is 26.5. The van der Waals surface area contributed by atoms with Crippen LogP contribution < -0.4 is 4.90 Å². The molecular formula is C14H11F2N3S. The summed E-state index contributed by atoms with van der Waals surface area (Å²) in [5, 5.41) is 9.53. The fraction of sp³-hybridized carbons (Fsp3) is 0.143. The lowest BCUT2D eigenvalue weighted by molar-refractivity contribution is 0.583. The second kappa shape index (κ2) is 5.88. The van der Waals surface area contributed by atoms with Gasteiger partial charge in [-0.25, -0.2) is 13.8 Å². The van der Waals surface area contributed by atoms with Gasteiger partial charge in [0, 0.05) is 18.8 Å². The van der Waals surface area contributed by atoms with Crippen molar-refractivity contribution in [3.63, 3.8) is 0 Å². The van der Waals surface area contributed by atoms with Gasteiger partial charge < -0.3 is 4.90 Å². The number of benzene rings is 1. The molecule has 0 fully saturated rings. The summed E-state index contributed by atoms with van der Waals surface area (Å²) in [5.74, 6) is -0.783. The van der Waals surface area contributed by atoms with E-state index in [0.717, 1.165) is 6.07 Å². The highest BCUT2D eigenvalue weighted by molar-refractivity contribution is 7.98. The molecule has 0 atom stereocenters. The fourth-order valence-electron chi connectivity index (χ4n) is 1.72. The average molecular weight is 291 g/mol. The van der Waals surface area contributed by atoms with E-state index in [1.54, 1.807) is 24.1 Å². The number of aromatic nitrogens is 1. The maximum absolute atomic E-state index is 13.2. The van der Waals surface area contributed by atoms with E-state index in [1.807, 2.05) is 12.3 Å². The van der Waals surface area contributed by atoms with Crippen LogP contribution in [0.4, 0.5) is 20.3 Å². The number of anilines is 2. The van der Waals surface area contributed by atoms with Crippen LogP contribution in [0, 0.1) is 23.0 Å². The fourth-order valence-corrected chi connectivity index (χ4v) is 2.24. The second-order valence-corrected chi connectivity index (χ2v) is 4.82. The van der Waals surface area contributed by atoms with Crippen molar-refractivity contribution in [2.24, 2.45) is 0 Å². The maximum Gasteiger partial charge on any atom is 0.134 e. The molecule has 0 aliphatic heterocycles. The van der Waals surface area contributed by atoms with Gasteiger partial charge in [-0.3, -0.25) is 0 Å². The molecule has 20 heavy (non-hydrogen) atoms. The first-order valence-electron chi connectivity index (χ1n) is 5.70. The normalized spacial score (nSPS) is 10.2. The number of halogens is 2. The zero-order chi connectivity index (χ0) is 14.7. The van der Waals surface area contributed by atoms with Gasteiger partial charge in [-0.1, -0.05) is 0 Å². The standard InChI is InChI=1S/C14H11F2N3S/c1-19(12-6-10(15)5-11(16)7-12)13-4-3-9(8-17)14(18-13)20-2/h3-7H,1-2H3. The summed E-state index contributed by atoms with van der Waals surface area (Å²) in [6.45, 7) is 0. The molecule has 0 radical (unpaired) electrons. The van der Waals surface area contributed by atoms with E-state index in [1.165, 1.54) is 23.9 Å². The highest BCUT2D eigenvalue weighted by Crippen LogP contribution is 2.27. The number of nitrogens with zero attached hydrogens (tertiary/aromatic N) is 3. The minimum Gasteiger partial charge on any atom is -0.329 e. The van der Waals surface area contributed by atoms with Crippen molar-refractivity contribution in [3.8, 4) is 6.07 Å². The van der Waals surface area contributed by atoms with Gasteiger partial charge >= 0.3 is 0 Å². The Morgan fingerprint density at radius 3 is 2.40 bits per heavy atom. The van der Waals surface area contributed by atoms with Crippen LogP contribution in [-0.4, -0.2) is 18.3 Å². The first kappa shape index (κ1) is 14.3. The van der Waals surface area contributed by atoms with Gasteiger partial charge in [-0.15, -0.1) is 11.8 Å². The van der Waals surface area contributed by atoms with Crippen molar-refractivity contribution in [2.45, 2.75) is 5.03 Å². The summed E-state index contributed by atoms with van der Waals surface area (Å²) in [6, 6.07) is 8.59. The number of thioether (sulfide) groups is 1. The van der Waals surface area contributed by atoms with Crippen LogP contribution in [-0.2, 0) is 0 Å². The summed E-state index contributed by atoms with van der Waals surface area (Å²) in [6.07, 6.45) is 1.81. The van der Waals surface area contributed by atoms with E-state index in [4.69, 9.17) is 5.26 Å². The first-order chi connectivity index (χ1) is 9.55. The van der Waals surface area contributed by atoms with Crippen molar-refractivity contribution in [3.05, 3.63) is 47.5 Å². The van der Waals surface area contributed by atoms with Crippen molar-refractivity contribution in [2.75, 3.05) is 18.2 Å². The van der Waals surface area contributed by atoms with Gasteiger partial charge in [0.05, 0.1) is 5.56 Å². The van der Waals surface area contributed by atoms with Crippen LogP contribution in [0.1, 0.15) is 5.56 Å². The highest BCUT2D eigenvalue weighted by atomic mass is 32.2. The predicted molar refractivity (Wildman–Crippen MR) is 75.2 cm³/mol. The molecule has 0 unspecified atom stereocenters. The highest BCUT2D eigenvalue weighted by Gasteiger charge is 2.11. The second-order valence-electron chi connectivity index (χ2n) is 4.02. The summed E-state index contributed by atoms with van der Waals surface area (Å²) >= 11 is 1.34. The van der Waals surface area contributed by atoms with Gasteiger partial charge in [-0.2, -0.15) is 5.26 Å². The van der Waals surface area contributed by atoms with Crippen LogP contribution in [0.15, 0.2) is 35.4 Å². The van der Waals surface area contributed by atoms with E-state index in [2.05, 4.69) is 4.98 Å². The van der Waals surface area contributed by atoms with Gasteiger partial charge in [-0.05, 0) is 30.5 Å².